The Kier molecular flexibility index (Phi) is 11.0. The van der Waals surface area contributed by atoms with Crippen molar-refractivity contribution in [2.24, 2.45) is 28.7 Å². The highest BCUT2D eigenvalue weighted by molar-refractivity contribution is 6.00. The molecule has 0 spiro atoms. The third-order valence-electron chi connectivity index (χ3n) is 11.7. The Labute approximate surface area is 315 Å². The molecule has 4 aliphatic rings. The minimum absolute atomic E-state index is 0.0166. The van der Waals surface area contributed by atoms with E-state index in [-0.39, 0.29) is 23.7 Å². The van der Waals surface area contributed by atoms with E-state index >= 15 is 0 Å². The summed E-state index contributed by atoms with van der Waals surface area (Å²) in [5.74, 6) is 0.770. The molecular weight excluding hydrogens is 685 g/mol. The number of amides is 3. The third kappa shape index (κ3) is 7.84. The van der Waals surface area contributed by atoms with Crippen molar-refractivity contribution >= 4 is 52.7 Å². The number of carbonyl (C=O) groups excluding carboxylic acids is 3. The summed E-state index contributed by atoms with van der Waals surface area (Å²) >= 11 is 0. The van der Waals surface area contributed by atoms with Crippen LogP contribution < -0.4 is 27.0 Å². The van der Waals surface area contributed by atoms with Crippen LogP contribution in [-0.4, -0.2) is 95.0 Å². The lowest BCUT2D eigenvalue weighted by atomic mass is 9.89. The van der Waals surface area contributed by atoms with E-state index in [2.05, 4.69) is 55.2 Å². The Morgan fingerprint density at radius 1 is 0.944 bits per heavy atom. The number of hydrogen-bond donors (Lipinski definition) is 3. The molecule has 2 atom stereocenters. The van der Waals surface area contributed by atoms with Crippen LogP contribution in [0.4, 0.5) is 11.4 Å². The lowest BCUT2D eigenvalue weighted by Gasteiger charge is -2.34. The van der Waals surface area contributed by atoms with Crippen molar-refractivity contribution < 1.29 is 14.4 Å². The zero-order valence-electron chi connectivity index (χ0n) is 31.4. The van der Waals surface area contributed by atoms with Gasteiger partial charge in [0.1, 0.15) is 11.9 Å². The quantitative estimate of drug-likeness (QED) is 0.123. The maximum Gasteiger partial charge on any atom is 0.329 e. The SMILES string of the molecule is C=N/C(C(N)=O)=C(\N=C(/C)N1CCCCC1)Nc1ccc(C2CCN(C[C@H]3CCN(c4ccc5c(c4)n(C)c(=O)n5C4CCC(=O)NC4=O)C3)CC2)cc1. The zero-order valence-corrected chi connectivity index (χ0v) is 31.4. The van der Waals surface area contributed by atoms with Gasteiger partial charge in [0.05, 0.1) is 11.0 Å². The van der Waals surface area contributed by atoms with Crippen molar-refractivity contribution in [2.75, 3.05) is 56.0 Å². The van der Waals surface area contributed by atoms with Gasteiger partial charge in [-0.3, -0.25) is 33.8 Å². The van der Waals surface area contributed by atoms with Crippen LogP contribution in [0.15, 0.2) is 68.8 Å². The molecule has 4 fully saturated rings. The molecule has 3 amide bonds. The molecule has 4 N–H and O–H groups in total. The third-order valence-corrected chi connectivity index (χ3v) is 11.7. The highest BCUT2D eigenvalue weighted by Crippen LogP contribution is 2.33. The van der Waals surface area contributed by atoms with E-state index in [0.717, 1.165) is 101 Å². The van der Waals surface area contributed by atoms with Crippen LogP contribution in [-0.2, 0) is 21.4 Å². The molecule has 0 bridgehead atoms. The fourth-order valence-corrected chi connectivity index (χ4v) is 8.64. The summed E-state index contributed by atoms with van der Waals surface area (Å²) in [6.45, 7) is 12.5. The van der Waals surface area contributed by atoms with Crippen LogP contribution in [0.25, 0.3) is 11.0 Å². The number of piperidine rings is 3. The normalized spacial score (nSPS) is 22.4. The number of aliphatic imine (C=N–C) groups is 2. The molecule has 1 unspecified atom stereocenters. The molecule has 3 aromatic rings. The maximum atomic E-state index is 13.2. The van der Waals surface area contributed by atoms with Crippen molar-refractivity contribution in [3.8, 4) is 0 Å². The molecule has 1 aromatic heterocycles. The zero-order chi connectivity index (χ0) is 37.9. The number of nitrogens with zero attached hydrogens (tertiary/aromatic N) is 7. The molecule has 54 heavy (non-hydrogen) atoms. The monoisotopic (exact) mass is 736 g/mol. The Morgan fingerprint density at radius 2 is 1.69 bits per heavy atom. The van der Waals surface area contributed by atoms with Crippen molar-refractivity contribution in [3.63, 3.8) is 0 Å². The van der Waals surface area contributed by atoms with Crippen molar-refractivity contribution in [3.05, 3.63) is 70.0 Å². The number of hydrogen-bond acceptors (Lipinski definition) is 9. The highest BCUT2D eigenvalue weighted by atomic mass is 16.2. The molecule has 0 radical (unpaired) electrons. The van der Waals surface area contributed by atoms with Gasteiger partial charge in [0, 0.05) is 57.6 Å². The number of imide groups is 1. The minimum Gasteiger partial charge on any atom is -0.371 e. The first-order chi connectivity index (χ1) is 26.1. The van der Waals surface area contributed by atoms with Gasteiger partial charge in [-0.25, -0.2) is 9.79 Å². The Hall–Kier alpha value is -5.24. The summed E-state index contributed by atoms with van der Waals surface area (Å²) in [6.07, 6.45) is 7.30. The number of nitrogens with two attached hydrogens (primary N) is 1. The predicted molar refractivity (Wildman–Crippen MR) is 212 cm³/mol. The Morgan fingerprint density at radius 3 is 2.37 bits per heavy atom. The van der Waals surface area contributed by atoms with E-state index in [1.807, 2.05) is 31.2 Å². The molecule has 7 rings (SSSR count). The van der Waals surface area contributed by atoms with Gasteiger partial charge in [-0.1, -0.05) is 12.1 Å². The number of nitrogens with one attached hydrogen (secondary N) is 2. The molecule has 4 saturated heterocycles. The number of carbonyl (C=O) groups is 3. The highest BCUT2D eigenvalue weighted by Gasteiger charge is 2.32. The molecule has 14 nitrogen and oxygen atoms in total. The maximum absolute atomic E-state index is 13.2. The number of rotatable bonds is 10. The number of likely N-dealkylation sites (tertiary alicyclic amines) is 2. The van der Waals surface area contributed by atoms with Gasteiger partial charge >= 0.3 is 5.69 Å². The van der Waals surface area contributed by atoms with E-state index in [1.54, 1.807) is 11.6 Å². The van der Waals surface area contributed by atoms with E-state index in [4.69, 9.17) is 10.7 Å². The topological polar surface area (TPSA) is 163 Å². The fourth-order valence-electron chi connectivity index (χ4n) is 8.64. The first-order valence-electron chi connectivity index (χ1n) is 19.3. The molecule has 14 heteroatoms. The minimum atomic E-state index is -0.686. The second-order valence-electron chi connectivity index (χ2n) is 15.2. The van der Waals surface area contributed by atoms with Gasteiger partial charge < -0.3 is 25.8 Å². The van der Waals surface area contributed by atoms with Gasteiger partial charge in [0.25, 0.3) is 5.91 Å². The van der Waals surface area contributed by atoms with Gasteiger partial charge in [-0.05, 0) is 119 Å². The Bertz CT molecular complexity index is 2030. The summed E-state index contributed by atoms with van der Waals surface area (Å²) in [4.78, 5) is 65.6. The first kappa shape index (κ1) is 37.1. The standard InChI is InChI=1S/C40H52N10O4/c1-26(48-18-5-4-6-19-48)43-38(36(42-2)37(41)52)44-30-9-7-28(8-10-30)29-16-20-47(21-17-29)24-27-15-22-49(25-27)31-11-12-32-34(23-31)46(3)40(54)50(32)33-13-14-35(51)45-39(33)53/h7-12,23,27,29,33,44H,2,4-6,13-22,24-25H2,1,3H3,(H2,41,52)(H,45,51,53)/b38-36+,43-26+/t27-,33?/m1/s1. The number of aryl methyl sites for hydroxylation is 1. The summed E-state index contributed by atoms with van der Waals surface area (Å²) in [5.41, 5.74) is 10.1. The average Bonchev–Trinajstić information content (AvgIpc) is 3.74. The number of primary amides is 1. The molecular formula is C40H52N10O4. The van der Waals surface area contributed by atoms with Crippen LogP contribution in [0.3, 0.4) is 0 Å². The fraction of sp³-hybridized carbons (Fsp3) is 0.500. The van der Waals surface area contributed by atoms with Crippen molar-refractivity contribution in [1.82, 2.24) is 24.3 Å². The number of aromatic nitrogens is 2. The number of fused-ring (bicyclic) bond motifs is 1. The van der Waals surface area contributed by atoms with Crippen LogP contribution in [0, 0.1) is 5.92 Å². The second kappa shape index (κ2) is 16.0. The van der Waals surface area contributed by atoms with E-state index < -0.39 is 17.9 Å². The summed E-state index contributed by atoms with van der Waals surface area (Å²) in [7, 11) is 1.74. The average molecular weight is 737 g/mol. The van der Waals surface area contributed by atoms with Crippen molar-refractivity contribution in [2.45, 2.75) is 70.3 Å². The smallest absolute Gasteiger partial charge is 0.329 e. The first-order valence-corrected chi connectivity index (χ1v) is 19.3. The van der Waals surface area contributed by atoms with Crippen LogP contribution >= 0.6 is 0 Å². The number of amidine groups is 1. The largest absolute Gasteiger partial charge is 0.371 e. The molecule has 2 aromatic carbocycles. The van der Waals surface area contributed by atoms with Crippen molar-refractivity contribution in [1.29, 1.82) is 0 Å². The molecule has 5 heterocycles. The Balaban J connectivity index is 0.933. The van der Waals surface area contributed by atoms with E-state index in [0.29, 0.717) is 29.6 Å². The van der Waals surface area contributed by atoms with Gasteiger partial charge in [-0.15, -0.1) is 0 Å². The summed E-state index contributed by atoms with van der Waals surface area (Å²) < 4.78 is 3.14. The van der Waals surface area contributed by atoms with Crippen LogP contribution in [0.2, 0.25) is 0 Å². The molecule has 286 valence electrons. The van der Waals surface area contributed by atoms with Gasteiger partial charge in [0.2, 0.25) is 11.8 Å². The number of benzene rings is 2. The van der Waals surface area contributed by atoms with E-state index in [9.17, 15) is 19.2 Å². The molecule has 0 saturated carbocycles. The van der Waals surface area contributed by atoms with Gasteiger partial charge in [-0.2, -0.15) is 0 Å². The number of imidazole rings is 1. The van der Waals surface area contributed by atoms with Crippen LogP contribution in [0.1, 0.15) is 75.8 Å². The lowest BCUT2D eigenvalue weighted by molar-refractivity contribution is -0.135. The second-order valence-corrected chi connectivity index (χ2v) is 15.2. The molecule has 0 aliphatic carbocycles. The predicted octanol–water partition coefficient (Wildman–Crippen LogP) is 3.69. The summed E-state index contributed by atoms with van der Waals surface area (Å²) in [5, 5.41) is 5.66. The molecule has 4 aliphatic heterocycles. The number of anilines is 2. The van der Waals surface area contributed by atoms with Crippen LogP contribution in [0.5, 0.6) is 0 Å². The van der Waals surface area contributed by atoms with E-state index in [1.165, 1.54) is 16.6 Å². The van der Waals surface area contributed by atoms with Gasteiger partial charge in [0.15, 0.2) is 11.5 Å². The summed E-state index contributed by atoms with van der Waals surface area (Å²) in [6, 6.07) is 13.7. The lowest BCUT2D eigenvalue weighted by Crippen LogP contribution is -2.44.